The molecule has 116 valence electrons. The molecule has 0 spiro atoms. The molecule has 22 heavy (non-hydrogen) atoms. The third-order valence-electron chi connectivity index (χ3n) is 3.25. The van der Waals surface area contributed by atoms with Crippen LogP contribution in [0, 0.1) is 0 Å². The average molecular weight is 301 g/mol. The molecule has 6 nitrogen and oxygen atoms in total. The predicted octanol–water partition coefficient (Wildman–Crippen LogP) is 1.47. The van der Waals surface area contributed by atoms with Gasteiger partial charge in [-0.15, -0.1) is 0 Å². The summed E-state index contributed by atoms with van der Waals surface area (Å²) in [5, 5.41) is 2.72. The summed E-state index contributed by atoms with van der Waals surface area (Å²) in [6.45, 7) is 6.19. The van der Waals surface area contributed by atoms with E-state index >= 15 is 0 Å². The summed E-state index contributed by atoms with van der Waals surface area (Å²) in [7, 11) is 0. The summed E-state index contributed by atoms with van der Waals surface area (Å²) in [4.78, 5) is 36.5. The van der Waals surface area contributed by atoms with Crippen molar-refractivity contribution in [2.75, 3.05) is 5.32 Å². The van der Waals surface area contributed by atoms with Crippen LogP contribution in [0.5, 0.6) is 0 Å². The number of nitrogens with one attached hydrogen (secondary N) is 2. The molecule has 2 aromatic rings. The number of carbonyl (C=O) groups is 1. The highest BCUT2D eigenvalue weighted by Gasteiger charge is 2.13. The number of aromatic nitrogens is 2. The van der Waals surface area contributed by atoms with Gasteiger partial charge in [-0.2, -0.15) is 0 Å². The third kappa shape index (κ3) is 3.94. The number of anilines is 1. The maximum absolute atomic E-state index is 11.9. The van der Waals surface area contributed by atoms with Crippen molar-refractivity contribution in [1.82, 2.24) is 9.55 Å². The van der Waals surface area contributed by atoms with Crippen molar-refractivity contribution in [1.29, 1.82) is 0 Å². The maximum Gasteiger partial charge on any atom is 0.328 e. The molecule has 1 aromatic carbocycles. The number of H-pyrrole nitrogens is 1. The van der Waals surface area contributed by atoms with Crippen molar-refractivity contribution in [3.8, 4) is 0 Å². The van der Waals surface area contributed by atoms with Gasteiger partial charge in [0.05, 0.1) is 0 Å². The van der Waals surface area contributed by atoms with E-state index in [2.05, 4.69) is 31.1 Å². The van der Waals surface area contributed by atoms with Gasteiger partial charge in [-0.3, -0.25) is 19.1 Å². The lowest BCUT2D eigenvalue weighted by atomic mass is 9.87. The van der Waals surface area contributed by atoms with Gasteiger partial charge in [0, 0.05) is 18.0 Å². The smallest absolute Gasteiger partial charge is 0.325 e. The van der Waals surface area contributed by atoms with Crippen molar-refractivity contribution in [3.63, 3.8) is 0 Å². The molecule has 0 saturated carbocycles. The largest absolute Gasteiger partial charge is 0.328 e. The zero-order valence-corrected chi connectivity index (χ0v) is 12.8. The number of hydrogen-bond donors (Lipinski definition) is 2. The van der Waals surface area contributed by atoms with Gasteiger partial charge in [0.2, 0.25) is 5.91 Å². The number of carbonyl (C=O) groups excluding carboxylic acids is 1. The standard InChI is InChI=1S/C16H19N3O3/c1-16(2,3)11-4-6-12(7-5-11)17-14(21)10-19-9-8-13(20)18-15(19)22/h4-9H,10H2,1-3H3,(H,17,21)(H,18,20,22). The van der Waals surface area contributed by atoms with Gasteiger partial charge in [-0.05, 0) is 23.1 Å². The molecule has 2 N–H and O–H groups in total. The Labute approximate surface area is 127 Å². The highest BCUT2D eigenvalue weighted by molar-refractivity contribution is 5.90. The molecule has 0 aliphatic carbocycles. The maximum atomic E-state index is 11.9. The Bertz CT molecular complexity index is 780. The molecule has 1 aromatic heterocycles. The van der Waals surface area contributed by atoms with Gasteiger partial charge in [0.15, 0.2) is 0 Å². The van der Waals surface area contributed by atoms with E-state index in [4.69, 9.17) is 0 Å². The zero-order valence-electron chi connectivity index (χ0n) is 12.8. The molecule has 0 unspecified atom stereocenters. The number of nitrogens with zero attached hydrogens (tertiary/aromatic N) is 1. The number of rotatable bonds is 3. The minimum absolute atomic E-state index is 0.0474. The van der Waals surface area contributed by atoms with E-state index in [0.29, 0.717) is 5.69 Å². The van der Waals surface area contributed by atoms with E-state index in [0.717, 1.165) is 4.57 Å². The van der Waals surface area contributed by atoms with Crippen molar-refractivity contribution < 1.29 is 4.79 Å². The lowest BCUT2D eigenvalue weighted by Gasteiger charge is -2.19. The molecule has 6 heteroatoms. The van der Waals surface area contributed by atoms with Crippen LogP contribution in [-0.4, -0.2) is 15.5 Å². The van der Waals surface area contributed by atoms with Crippen LogP contribution in [0.3, 0.4) is 0 Å². The van der Waals surface area contributed by atoms with E-state index in [-0.39, 0.29) is 17.9 Å². The Morgan fingerprint density at radius 3 is 2.32 bits per heavy atom. The van der Waals surface area contributed by atoms with E-state index in [1.807, 2.05) is 24.3 Å². The fourth-order valence-electron chi connectivity index (χ4n) is 1.98. The summed E-state index contributed by atoms with van der Waals surface area (Å²) in [6.07, 6.45) is 1.30. The van der Waals surface area contributed by atoms with E-state index in [1.165, 1.54) is 17.8 Å². The summed E-state index contributed by atoms with van der Waals surface area (Å²) in [5.41, 5.74) is 0.786. The van der Waals surface area contributed by atoms with E-state index < -0.39 is 11.2 Å². The second-order valence-electron chi connectivity index (χ2n) is 6.11. The minimum Gasteiger partial charge on any atom is -0.325 e. The molecule has 2 rings (SSSR count). The lowest BCUT2D eigenvalue weighted by molar-refractivity contribution is -0.116. The van der Waals surface area contributed by atoms with Crippen LogP contribution in [0.25, 0.3) is 0 Å². The normalized spacial score (nSPS) is 11.2. The fourth-order valence-corrected chi connectivity index (χ4v) is 1.98. The van der Waals surface area contributed by atoms with Crippen molar-refractivity contribution in [2.45, 2.75) is 32.7 Å². The molecular weight excluding hydrogens is 282 g/mol. The molecule has 0 radical (unpaired) electrons. The quantitative estimate of drug-likeness (QED) is 0.900. The molecule has 0 aliphatic heterocycles. The monoisotopic (exact) mass is 301 g/mol. The molecule has 0 fully saturated rings. The highest BCUT2D eigenvalue weighted by Crippen LogP contribution is 2.23. The molecule has 1 heterocycles. The number of aromatic amines is 1. The Balaban J connectivity index is 2.06. The Morgan fingerprint density at radius 2 is 1.77 bits per heavy atom. The van der Waals surface area contributed by atoms with Crippen molar-refractivity contribution in [3.05, 3.63) is 62.9 Å². The molecule has 0 saturated heterocycles. The van der Waals surface area contributed by atoms with Gasteiger partial charge in [-0.25, -0.2) is 4.79 Å². The topological polar surface area (TPSA) is 84.0 Å². The van der Waals surface area contributed by atoms with Gasteiger partial charge in [0.1, 0.15) is 6.54 Å². The first-order chi connectivity index (χ1) is 10.3. The van der Waals surface area contributed by atoms with Crippen LogP contribution in [-0.2, 0) is 16.8 Å². The van der Waals surface area contributed by atoms with E-state index in [9.17, 15) is 14.4 Å². The Hall–Kier alpha value is -2.63. The zero-order chi connectivity index (χ0) is 16.3. The van der Waals surface area contributed by atoms with E-state index in [1.54, 1.807) is 0 Å². The summed E-state index contributed by atoms with van der Waals surface area (Å²) >= 11 is 0. The van der Waals surface area contributed by atoms with Crippen molar-refractivity contribution >= 4 is 11.6 Å². The number of benzene rings is 1. The fraction of sp³-hybridized carbons (Fsp3) is 0.312. The predicted molar refractivity (Wildman–Crippen MR) is 85.1 cm³/mol. The summed E-state index contributed by atoms with van der Waals surface area (Å²) in [6, 6.07) is 8.78. The molecular formula is C16H19N3O3. The second-order valence-corrected chi connectivity index (χ2v) is 6.11. The first-order valence-corrected chi connectivity index (χ1v) is 6.96. The molecule has 0 aliphatic rings. The molecule has 0 bridgehead atoms. The van der Waals surface area contributed by atoms with Crippen LogP contribution in [0.15, 0.2) is 46.1 Å². The van der Waals surface area contributed by atoms with Crippen LogP contribution < -0.4 is 16.6 Å². The number of hydrogen-bond acceptors (Lipinski definition) is 3. The summed E-state index contributed by atoms with van der Waals surface area (Å²) in [5.74, 6) is -0.336. The molecule has 1 amide bonds. The van der Waals surface area contributed by atoms with Crippen molar-refractivity contribution in [2.24, 2.45) is 0 Å². The van der Waals surface area contributed by atoms with Gasteiger partial charge < -0.3 is 5.32 Å². The second kappa shape index (κ2) is 6.01. The van der Waals surface area contributed by atoms with Crippen LogP contribution in [0.2, 0.25) is 0 Å². The molecule has 0 atom stereocenters. The Kier molecular flexibility index (Phi) is 4.30. The SMILES string of the molecule is CC(C)(C)c1ccc(NC(=O)Cn2ccc(=O)[nH]c2=O)cc1. The lowest BCUT2D eigenvalue weighted by Crippen LogP contribution is -2.32. The first kappa shape index (κ1) is 15.8. The number of amides is 1. The third-order valence-corrected chi connectivity index (χ3v) is 3.25. The minimum atomic E-state index is -0.606. The Morgan fingerprint density at radius 1 is 1.14 bits per heavy atom. The van der Waals surface area contributed by atoms with Gasteiger partial charge in [0.25, 0.3) is 5.56 Å². The van der Waals surface area contributed by atoms with Gasteiger partial charge in [-0.1, -0.05) is 32.9 Å². The van der Waals surface area contributed by atoms with Gasteiger partial charge >= 0.3 is 5.69 Å². The van der Waals surface area contributed by atoms with Crippen LogP contribution in [0.4, 0.5) is 5.69 Å². The highest BCUT2D eigenvalue weighted by atomic mass is 16.2. The van der Waals surface area contributed by atoms with Crippen LogP contribution in [0.1, 0.15) is 26.3 Å². The summed E-state index contributed by atoms with van der Waals surface area (Å²) < 4.78 is 1.14. The van der Waals surface area contributed by atoms with Crippen LogP contribution >= 0.6 is 0 Å². The average Bonchev–Trinajstić information content (AvgIpc) is 2.41. The first-order valence-electron chi connectivity index (χ1n) is 6.96.